The smallest absolute Gasteiger partial charge is 0.339 e. The molecule has 0 fully saturated rings. The summed E-state index contributed by atoms with van der Waals surface area (Å²) in [6.07, 6.45) is 9.45. The van der Waals surface area contributed by atoms with E-state index >= 15 is 0 Å². The van der Waals surface area contributed by atoms with Gasteiger partial charge >= 0.3 is 226 Å². The minimum atomic E-state index is -2.07. The number of carbonyl (C=O) groups is 2. The third-order valence-electron chi connectivity index (χ3n) is 12.9. The standard InChI is InChI=1S/C35H36O5S4.C21H22OS2.6CH3.2Sn/c1-5-8-9-10-17-40-27-21-25(28-11-13-30(43-28)32-23(15-18-41-32)34(36)38-6-2)22(4)20-26(27)29-12-14-31(44-29)33-24(16-19-42-33)35(37)39-7-3;1-3-4-5-6-11-22-19-15-17(20-9-7-12-23-20)16(2)14-18(19)21-10-8-13-24-21;;;;;;;;/h11-16,18-21H,5-10,17H2,1-4H3;7-10,14-15H,3-6,11H2,1-2H3;6*1H3;;. The fraction of sp³-hybridized carbons (Fsp3) is 0.387. The van der Waals surface area contributed by atoms with E-state index in [2.05, 4.69) is 130 Å². The van der Waals surface area contributed by atoms with Crippen LogP contribution in [0.4, 0.5) is 0 Å². The van der Waals surface area contributed by atoms with Gasteiger partial charge in [-0.1, -0.05) is 26.2 Å². The van der Waals surface area contributed by atoms with Gasteiger partial charge in [0.25, 0.3) is 0 Å². The average Bonchev–Trinajstić information content (AvgIpc) is 4.25. The molecule has 0 aliphatic rings. The molecule has 8 aromatic rings. The van der Waals surface area contributed by atoms with E-state index in [4.69, 9.17) is 18.9 Å². The van der Waals surface area contributed by atoms with Gasteiger partial charge in [-0.05, 0) is 97.6 Å². The Kier molecular flexibility index (Phi) is 22.5. The molecule has 6 heterocycles. The fourth-order valence-electron chi connectivity index (χ4n) is 8.67. The summed E-state index contributed by atoms with van der Waals surface area (Å²) in [5, 5.41) is 3.87. The van der Waals surface area contributed by atoms with Gasteiger partial charge in [-0.2, -0.15) is 0 Å². The zero-order valence-corrected chi connectivity index (χ0v) is 57.2. The van der Waals surface area contributed by atoms with Crippen molar-refractivity contribution >= 4 is 122 Å². The molecule has 0 bridgehead atoms. The van der Waals surface area contributed by atoms with Gasteiger partial charge in [0.1, 0.15) is 5.75 Å². The van der Waals surface area contributed by atoms with Gasteiger partial charge in [-0.25, -0.2) is 9.59 Å². The number of rotatable bonds is 24. The first-order chi connectivity index (χ1) is 36.4. The summed E-state index contributed by atoms with van der Waals surface area (Å²) in [6.45, 7) is 14.7. The van der Waals surface area contributed by atoms with Gasteiger partial charge in [-0.15, -0.1) is 45.3 Å². The summed E-state index contributed by atoms with van der Waals surface area (Å²) in [7, 11) is 0. The molecule has 2 aromatic carbocycles. The van der Waals surface area contributed by atoms with Crippen molar-refractivity contribution in [2.24, 2.45) is 0 Å². The average molecular weight is 1350 g/mol. The second kappa shape index (κ2) is 28.3. The van der Waals surface area contributed by atoms with Crippen molar-refractivity contribution in [3.8, 4) is 72.8 Å². The fourth-order valence-corrected chi connectivity index (χ4v) is 25.5. The molecule has 0 saturated heterocycles. The Morgan fingerprint density at radius 1 is 0.434 bits per heavy atom. The molecule has 0 saturated carbocycles. The van der Waals surface area contributed by atoms with Crippen LogP contribution < -0.4 is 15.3 Å². The zero-order chi connectivity index (χ0) is 54.6. The van der Waals surface area contributed by atoms with Crippen LogP contribution in [0.5, 0.6) is 11.5 Å². The summed E-state index contributed by atoms with van der Waals surface area (Å²) in [5.74, 6) is 1.34. The van der Waals surface area contributed by atoms with Crippen LogP contribution in [0.2, 0.25) is 29.6 Å². The number of aryl methyl sites for hydroxylation is 2. The van der Waals surface area contributed by atoms with Gasteiger partial charge in [-0.3, -0.25) is 0 Å². The number of hydrogen-bond acceptors (Lipinski definition) is 12. The second-order valence-electron chi connectivity index (χ2n) is 21.1. The molecule has 6 nitrogen and oxygen atoms in total. The number of hydrogen-bond donors (Lipinski definition) is 0. The number of benzene rings is 2. The molecule has 0 N–H and O–H groups in total. The predicted octanol–water partition coefficient (Wildman–Crippen LogP) is 19.7. The molecule has 14 heteroatoms. The molecule has 0 amide bonds. The topological polar surface area (TPSA) is 71.1 Å². The molecule has 76 heavy (non-hydrogen) atoms. The molecule has 0 aliphatic carbocycles. The third kappa shape index (κ3) is 15.6. The van der Waals surface area contributed by atoms with E-state index in [1.165, 1.54) is 58.5 Å². The summed E-state index contributed by atoms with van der Waals surface area (Å²) >= 11 is 6.32. The monoisotopic (exact) mass is 1350 g/mol. The molecule has 0 unspecified atom stereocenters. The molecule has 0 spiro atoms. The molecular weight excluding hydrogens is 1270 g/mol. The number of esters is 2. The Morgan fingerprint density at radius 3 is 1.18 bits per heavy atom. The minimum absolute atomic E-state index is 0.287. The van der Waals surface area contributed by atoms with Crippen molar-refractivity contribution in [2.45, 2.75) is 123 Å². The Morgan fingerprint density at radius 2 is 0.803 bits per heavy atom. The Labute approximate surface area is 485 Å². The molecular formula is C62H76O6S6Sn2. The normalized spacial score (nSPS) is 11.6. The Hall–Kier alpha value is -3.22. The SMILES string of the molecule is CCCCCCOc1cc(-c2cc[c]([Sn]([CH3])([CH3])[CH3])s2)c(C)cc1-c1cc[c]([Sn]([CH3])([CH3])[CH3])s1.CCCCCCOc1cc(-c2ccc(-c3sccc3C(=O)OCC)s2)c(C)cc1-c1ccc(-c2sccc2C(=O)OCC)s1. The Balaban J connectivity index is 0.000000233. The first-order valence-corrected chi connectivity index (χ1v) is 51.9. The van der Waals surface area contributed by atoms with Crippen molar-refractivity contribution in [3.05, 3.63) is 118 Å². The van der Waals surface area contributed by atoms with Crippen molar-refractivity contribution in [3.63, 3.8) is 0 Å². The largest absolute Gasteiger partial charge is 0.493 e. The van der Waals surface area contributed by atoms with E-state index in [0.717, 1.165) is 83.3 Å². The van der Waals surface area contributed by atoms with Crippen LogP contribution in [0.1, 0.15) is 111 Å². The van der Waals surface area contributed by atoms with E-state index in [1.54, 1.807) is 51.1 Å². The van der Waals surface area contributed by atoms with Gasteiger partial charge in [0.15, 0.2) is 0 Å². The number of ether oxygens (including phenoxy) is 4. The van der Waals surface area contributed by atoms with Crippen molar-refractivity contribution in [2.75, 3.05) is 26.4 Å². The minimum Gasteiger partial charge on any atom is -0.493 e. The number of unbranched alkanes of at least 4 members (excludes halogenated alkanes) is 6. The van der Waals surface area contributed by atoms with E-state index in [1.807, 2.05) is 59.4 Å². The van der Waals surface area contributed by atoms with Gasteiger partial charge in [0.2, 0.25) is 0 Å². The summed E-state index contributed by atoms with van der Waals surface area (Å²) < 4.78 is 26.8. The van der Waals surface area contributed by atoms with E-state index in [-0.39, 0.29) is 11.9 Å². The van der Waals surface area contributed by atoms with E-state index in [0.29, 0.717) is 30.9 Å². The number of carbonyl (C=O) groups excluding carboxylic acids is 2. The first-order valence-electron chi connectivity index (χ1n) is 26.9. The summed E-state index contributed by atoms with van der Waals surface area (Å²) in [4.78, 5) is 49.0. The maximum atomic E-state index is 12.5. The summed E-state index contributed by atoms with van der Waals surface area (Å²) in [6, 6.07) is 30.6. The summed E-state index contributed by atoms with van der Waals surface area (Å²) in [5.41, 5.74) is 8.49. The molecule has 404 valence electrons. The van der Waals surface area contributed by atoms with Crippen LogP contribution in [0.25, 0.3) is 61.3 Å². The molecule has 0 aliphatic heterocycles. The van der Waals surface area contributed by atoms with Gasteiger partial charge in [0.05, 0.1) is 40.7 Å². The maximum absolute atomic E-state index is 12.5. The Bertz CT molecular complexity index is 3170. The van der Waals surface area contributed by atoms with Crippen LogP contribution in [0.3, 0.4) is 0 Å². The van der Waals surface area contributed by atoms with Gasteiger partial charge in [0, 0.05) is 25.1 Å². The quantitative estimate of drug-likeness (QED) is 0.0341. The first kappa shape index (κ1) is 60.4. The molecule has 0 atom stereocenters. The van der Waals surface area contributed by atoms with Crippen molar-refractivity contribution < 1.29 is 28.5 Å². The number of thiophene rings is 6. The molecule has 0 radical (unpaired) electrons. The van der Waals surface area contributed by atoms with Crippen LogP contribution in [0, 0.1) is 13.8 Å². The second-order valence-corrected chi connectivity index (χ2v) is 58.1. The zero-order valence-electron chi connectivity index (χ0n) is 46.6. The molecule has 6 aromatic heterocycles. The van der Waals surface area contributed by atoms with Gasteiger partial charge < -0.3 is 14.2 Å². The van der Waals surface area contributed by atoms with Crippen LogP contribution in [0.15, 0.2) is 95.7 Å². The predicted molar refractivity (Wildman–Crippen MR) is 339 cm³/mol. The maximum Gasteiger partial charge on any atom is 0.339 e. The van der Waals surface area contributed by atoms with E-state index < -0.39 is 36.8 Å². The van der Waals surface area contributed by atoms with Crippen LogP contribution in [-0.2, 0) is 9.47 Å². The van der Waals surface area contributed by atoms with Crippen LogP contribution >= 0.6 is 68.0 Å². The van der Waals surface area contributed by atoms with E-state index in [9.17, 15) is 9.59 Å². The third-order valence-corrected chi connectivity index (χ3v) is 38.5. The van der Waals surface area contributed by atoms with Crippen LogP contribution in [-0.4, -0.2) is 75.1 Å². The molecule has 8 rings (SSSR count). The van der Waals surface area contributed by atoms with Crippen molar-refractivity contribution in [1.29, 1.82) is 0 Å². The van der Waals surface area contributed by atoms with Crippen molar-refractivity contribution in [1.82, 2.24) is 0 Å².